The van der Waals surface area contributed by atoms with Crippen LogP contribution < -0.4 is 20.7 Å². The molecule has 1 unspecified atom stereocenters. The number of halogens is 3. The molecule has 40 heavy (non-hydrogen) atoms. The van der Waals surface area contributed by atoms with Crippen LogP contribution in [-0.2, 0) is 0 Å². The average molecular weight is 574 g/mol. The number of alkyl halides is 3. The molecule has 0 bridgehead atoms. The van der Waals surface area contributed by atoms with Crippen LogP contribution in [0.3, 0.4) is 0 Å². The Labute approximate surface area is 238 Å². The molecule has 3 aromatic rings. The number of hydrogen-bond donors (Lipinski definition) is 3. The SMILES string of the molecule is C=C(C)S/C(=C(\C)Oc1ccc(NCCC(F)(F)F)c2ccccc12)c1ccnc(NC2CCCNC2)n1.CC. The second-order valence-electron chi connectivity index (χ2n) is 9.19. The van der Waals surface area contributed by atoms with E-state index in [9.17, 15) is 13.2 Å². The number of aromatic nitrogens is 2. The fraction of sp³-hybridized carbons (Fsp3) is 0.400. The maximum atomic E-state index is 12.6. The first-order chi connectivity index (χ1) is 19.2. The molecule has 0 saturated carbocycles. The largest absolute Gasteiger partial charge is 0.460 e. The Morgan fingerprint density at radius 2 is 1.88 bits per heavy atom. The number of hydrogen-bond acceptors (Lipinski definition) is 7. The van der Waals surface area contributed by atoms with Crippen molar-refractivity contribution < 1.29 is 17.9 Å². The number of nitrogens with one attached hydrogen (secondary N) is 3. The van der Waals surface area contributed by atoms with Gasteiger partial charge in [-0.3, -0.25) is 0 Å². The topological polar surface area (TPSA) is 71.1 Å². The van der Waals surface area contributed by atoms with Gasteiger partial charge >= 0.3 is 6.18 Å². The van der Waals surface area contributed by atoms with E-state index >= 15 is 0 Å². The molecule has 0 aliphatic carbocycles. The summed E-state index contributed by atoms with van der Waals surface area (Å²) in [7, 11) is 0. The lowest BCUT2D eigenvalue weighted by Crippen LogP contribution is -2.38. The first kappa shape index (κ1) is 31.3. The molecule has 0 radical (unpaired) electrons. The highest BCUT2D eigenvalue weighted by Crippen LogP contribution is 2.38. The molecule has 1 aromatic heterocycles. The molecule has 4 rings (SSSR count). The number of benzene rings is 2. The lowest BCUT2D eigenvalue weighted by Gasteiger charge is -2.24. The summed E-state index contributed by atoms with van der Waals surface area (Å²) in [4.78, 5) is 10.9. The summed E-state index contributed by atoms with van der Waals surface area (Å²) in [6, 6.07) is 13.1. The molecule has 10 heteroatoms. The number of piperidine rings is 1. The van der Waals surface area contributed by atoms with Crippen molar-refractivity contribution in [1.82, 2.24) is 15.3 Å². The second-order valence-corrected chi connectivity index (χ2v) is 10.5. The summed E-state index contributed by atoms with van der Waals surface area (Å²) < 4.78 is 44.3. The number of anilines is 2. The van der Waals surface area contributed by atoms with Crippen molar-refractivity contribution >= 4 is 39.1 Å². The Balaban J connectivity index is 0.00000216. The summed E-state index contributed by atoms with van der Waals surface area (Å²) in [5, 5.41) is 11.3. The fourth-order valence-electron chi connectivity index (χ4n) is 4.26. The highest BCUT2D eigenvalue weighted by atomic mass is 32.2. The van der Waals surface area contributed by atoms with Crippen molar-refractivity contribution in [2.24, 2.45) is 0 Å². The van der Waals surface area contributed by atoms with Gasteiger partial charge in [-0.25, -0.2) is 9.97 Å². The molecule has 3 N–H and O–H groups in total. The lowest BCUT2D eigenvalue weighted by atomic mass is 10.1. The molecule has 1 aliphatic rings. The Kier molecular flexibility index (Phi) is 11.7. The van der Waals surface area contributed by atoms with Crippen LogP contribution in [0.1, 0.15) is 52.7 Å². The Hall–Kier alpha value is -3.24. The molecule has 1 fully saturated rings. The van der Waals surface area contributed by atoms with E-state index in [2.05, 4.69) is 27.5 Å². The van der Waals surface area contributed by atoms with Gasteiger partial charge in [0.15, 0.2) is 0 Å². The van der Waals surface area contributed by atoms with Gasteiger partial charge in [0.05, 0.1) is 17.0 Å². The van der Waals surface area contributed by atoms with E-state index in [0.717, 1.165) is 46.5 Å². The summed E-state index contributed by atoms with van der Waals surface area (Å²) in [5.41, 5.74) is 1.34. The van der Waals surface area contributed by atoms with Crippen molar-refractivity contribution in [3.63, 3.8) is 0 Å². The van der Waals surface area contributed by atoms with E-state index in [1.165, 1.54) is 11.8 Å². The number of ether oxygens (including phenoxy) is 1. The van der Waals surface area contributed by atoms with E-state index < -0.39 is 12.6 Å². The summed E-state index contributed by atoms with van der Waals surface area (Å²) in [5.74, 6) is 1.79. The summed E-state index contributed by atoms with van der Waals surface area (Å²) in [6.45, 7) is 13.5. The quantitative estimate of drug-likeness (QED) is 0.211. The first-order valence-corrected chi connectivity index (χ1v) is 14.4. The molecule has 0 amide bonds. The fourth-order valence-corrected chi connectivity index (χ4v) is 5.01. The van der Waals surface area contributed by atoms with Gasteiger partial charge in [0, 0.05) is 41.8 Å². The molecule has 216 valence electrons. The number of fused-ring (bicyclic) bond motifs is 1. The van der Waals surface area contributed by atoms with Crippen LogP contribution in [-0.4, -0.2) is 41.8 Å². The molecule has 1 atom stereocenters. The van der Waals surface area contributed by atoms with Crippen LogP contribution in [0, 0.1) is 0 Å². The van der Waals surface area contributed by atoms with Crippen LogP contribution in [0.25, 0.3) is 15.7 Å². The summed E-state index contributed by atoms with van der Waals surface area (Å²) in [6.07, 6.45) is -1.24. The van der Waals surface area contributed by atoms with Gasteiger partial charge in [-0.1, -0.05) is 56.5 Å². The minimum atomic E-state index is -4.21. The van der Waals surface area contributed by atoms with Crippen molar-refractivity contribution in [2.75, 3.05) is 30.3 Å². The number of allylic oxidation sites excluding steroid dienone is 2. The molecule has 0 spiro atoms. The predicted molar refractivity (Wildman–Crippen MR) is 162 cm³/mol. The van der Waals surface area contributed by atoms with Crippen molar-refractivity contribution in [1.29, 1.82) is 0 Å². The van der Waals surface area contributed by atoms with E-state index in [0.29, 0.717) is 28.8 Å². The third-order valence-electron chi connectivity index (χ3n) is 5.99. The molecule has 2 aromatic carbocycles. The summed E-state index contributed by atoms with van der Waals surface area (Å²) >= 11 is 1.47. The average Bonchev–Trinajstić information content (AvgIpc) is 2.94. The van der Waals surface area contributed by atoms with E-state index in [-0.39, 0.29) is 12.6 Å². The van der Waals surface area contributed by atoms with Crippen LogP contribution in [0.5, 0.6) is 5.75 Å². The maximum absolute atomic E-state index is 12.6. The molecule has 2 heterocycles. The molecule has 1 aliphatic heterocycles. The zero-order chi connectivity index (χ0) is 29.1. The number of rotatable bonds is 10. The van der Waals surface area contributed by atoms with Crippen molar-refractivity contribution in [2.45, 2.75) is 59.2 Å². The van der Waals surface area contributed by atoms with Crippen LogP contribution in [0.4, 0.5) is 24.8 Å². The van der Waals surface area contributed by atoms with Gasteiger partial charge < -0.3 is 20.7 Å². The predicted octanol–water partition coefficient (Wildman–Crippen LogP) is 8.22. The first-order valence-electron chi connectivity index (χ1n) is 13.5. The third-order valence-corrected chi connectivity index (χ3v) is 7.03. The minimum Gasteiger partial charge on any atom is -0.460 e. The van der Waals surface area contributed by atoms with Crippen LogP contribution in [0.2, 0.25) is 0 Å². The zero-order valence-corrected chi connectivity index (χ0v) is 24.3. The minimum absolute atomic E-state index is 0.201. The Morgan fingerprint density at radius 1 is 1.12 bits per heavy atom. The normalized spacial score (nSPS) is 15.9. The van der Waals surface area contributed by atoms with Gasteiger partial charge in [-0.15, -0.1) is 0 Å². The Bertz CT molecular complexity index is 1310. The second kappa shape index (κ2) is 14.9. The molecule has 1 saturated heterocycles. The smallest absolute Gasteiger partial charge is 0.390 e. The highest BCUT2D eigenvalue weighted by molar-refractivity contribution is 8.11. The molecular formula is C30H38F3N5OS. The standard InChI is InChI=1S/C28H32F3N5OS.C2H6/c1-18(2)38-26(24-12-15-34-27(36-24)35-20-7-6-14-32-17-20)19(3)37-25-11-10-23(33-16-13-28(29,30)31)21-8-4-5-9-22(21)25;1-2/h4-5,8-12,15,20,32-33H,1,6-7,13-14,16-17H2,2-3H3,(H,34,35,36);1-2H3/b26-19+;. The molecule has 6 nitrogen and oxygen atoms in total. The number of thioether (sulfide) groups is 1. The maximum Gasteiger partial charge on any atom is 0.390 e. The van der Waals surface area contributed by atoms with Crippen LogP contribution in [0.15, 0.2) is 65.9 Å². The monoisotopic (exact) mass is 573 g/mol. The zero-order valence-electron chi connectivity index (χ0n) is 23.5. The van der Waals surface area contributed by atoms with E-state index in [1.807, 2.05) is 58.0 Å². The van der Waals surface area contributed by atoms with Crippen LogP contribution >= 0.6 is 11.8 Å². The van der Waals surface area contributed by atoms with Gasteiger partial charge in [0.1, 0.15) is 11.5 Å². The Morgan fingerprint density at radius 3 is 2.55 bits per heavy atom. The van der Waals surface area contributed by atoms with Crippen molar-refractivity contribution in [3.05, 3.63) is 71.6 Å². The molecular weight excluding hydrogens is 535 g/mol. The van der Waals surface area contributed by atoms with E-state index in [4.69, 9.17) is 9.72 Å². The van der Waals surface area contributed by atoms with Gasteiger partial charge in [0.2, 0.25) is 5.95 Å². The van der Waals surface area contributed by atoms with Gasteiger partial charge in [-0.2, -0.15) is 13.2 Å². The van der Waals surface area contributed by atoms with Gasteiger partial charge in [0.25, 0.3) is 0 Å². The lowest BCUT2D eigenvalue weighted by molar-refractivity contribution is -0.131. The van der Waals surface area contributed by atoms with Gasteiger partial charge in [-0.05, 0) is 56.3 Å². The highest BCUT2D eigenvalue weighted by Gasteiger charge is 2.26. The van der Waals surface area contributed by atoms with E-state index in [1.54, 1.807) is 18.3 Å². The van der Waals surface area contributed by atoms with Crippen molar-refractivity contribution in [3.8, 4) is 5.75 Å². The third kappa shape index (κ3) is 9.16. The number of nitrogens with zero attached hydrogens (tertiary/aromatic N) is 2.